The van der Waals surface area contributed by atoms with Gasteiger partial charge in [0.05, 0.1) is 5.92 Å². The second kappa shape index (κ2) is 9.05. The van der Waals surface area contributed by atoms with Gasteiger partial charge in [0.1, 0.15) is 0 Å². The minimum absolute atomic E-state index is 0.0733. The Balaban J connectivity index is 1.64. The topological polar surface area (TPSA) is 95.5 Å². The normalized spacial score (nSPS) is 14.7. The lowest BCUT2D eigenvalue weighted by atomic mass is 9.99. The van der Waals surface area contributed by atoms with Crippen molar-refractivity contribution in [3.05, 3.63) is 35.9 Å². The molecule has 6 nitrogen and oxygen atoms in total. The standard InChI is InChI=1S/C18H24N2O4/c21-16(7-4-10-19-17(22)14-8-9-14)20-12-15(18(23)24)11-13-5-2-1-3-6-13/h1-3,5-6,14-15H,4,7-12H2,(H,19,22)(H,20,21)(H,23,24). The lowest BCUT2D eigenvalue weighted by molar-refractivity contribution is -0.141. The van der Waals surface area contributed by atoms with E-state index in [2.05, 4.69) is 10.6 Å². The van der Waals surface area contributed by atoms with Crippen LogP contribution in [-0.2, 0) is 20.8 Å². The second-order valence-electron chi connectivity index (χ2n) is 6.20. The van der Waals surface area contributed by atoms with E-state index in [0.717, 1.165) is 18.4 Å². The van der Waals surface area contributed by atoms with Gasteiger partial charge in [-0.2, -0.15) is 0 Å². The number of hydrogen-bond donors (Lipinski definition) is 3. The molecule has 0 spiro atoms. The Morgan fingerprint density at radius 2 is 1.83 bits per heavy atom. The summed E-state index contributed by atoms with van der Waals surface area (Å²) in [7, 11) is 0. The molecule has 130 valence electrons. The molecule has 24 heavy (non-hydrogen) atoms. The zero-order chi connectivity index (χ0) is 17.4. The average molecular weight is 332 g/mol. The highest BCUT2D eigenvalue weighted by Crippen LogP contribution is 2.28. The zero-order valence-corrected chi connectivity index (χ0v) is 13.7. The summed E-state index contributed by atoms with van der Waals surface area (Å²) in [5.74, 6) is -1.51. The first-order valence-electron chi connectivity index (χ1n) is 8.37. The number of amides is 2. The maximum absolute atomic E-state index is 11.8. The molecule has 1 fully saturated rings. The van der Waals surface area contributed by atoms with E-state index in [1.807, 2.05) is 30.3 Å². The van der Waals surface area contributed by atoms with E-state index in [4.69, 9.17) is 0 Å². The molecular formula is C18H24N2O4. The Hall–Kier alpha value is -2.37. The third-order valence-electron chi connectivity index (χ3n) is 4.05. The molecule has 1 aromatic carbocycles. The minimum Gasteiger partial charge on any atom is -0.481 e. The summed E-state index contributed by atoms with van der Waals surface area (Å²) < 4.78 is 0. The molecule has 2 amide bonds. The Kier molecular flexibility index (Phi) is 6.78. The van der Waals surface area contributed by atoms with E-state index < -0.39 is 11.9 Å². The van der Waals surface area contributed by atoms with Crippen LogP contribution in [0.3, 0.4) is 0 Å². The molecule has 6 heteroatoms. The molecule has 1 unspecified atom stereocenters. The lowest BCUT2D eigenvalue weighted by Gasteiger charge is -2.13. The number of carboxylic acid groups (broad SMARTS) is 1. The van der Waals surface area contributed by atoms with Gasteiger partial charge in [0.25, 0.3) is 0 Å². The number of benzene rings is 1. The van der Waals surface area contributed by atoms with Crippen molar-refractivity contribution in [3.63, 3.8) is 0 Å². The third kappa shape index (κ3) is 6.40. The van der Waals surface area contributed by atoms with E-state index in [9.17, 15) is 19.5 Å². The van der Waals surface area contributed by atoms with E-state index in [1.165, 1.54) is 0 Å². The molecule has 1 atom stereocenters. The molecule has 1 aromatic rings. The highest BCUT2D eigenvalue weighted by Gasteiger charge is 2.29. The summed E-state index contributed by atoms with van der Waals surface area (Å²) in [4.78, 5) is 34.6. The van der Waals surface area contributed by atoms with Gasteiger partial charge >= 0.3 is 5.97 Å². The van der Waals surface area contributed by atoms with Gasteiger partial charge in [0, 0.05) is 25.4 Å². The van der Waals surface area contributed by atoms with Crippen LogP contribution in [0.25, 0.3) is 0 Å². The number of aliphatic carboxylic acids is 1. The number of nitrogens with one attached hydrogen (secondary N) is 2. The fraction of sp³-hybridized carbons (Fsp3) is 0.500. The largest absolute Gasteiger partial charge is 0.481 e. The van der Waals surface area contributed by atoms with Crippen molar-refractivity contribution in [2.75, 3.05) is 13.1 Å². The van der Waals surface area contributed by atoms with Crippen molar-refractivity contribution < 1.29 is 19.5 Å². The van der Waals surface area contributed by atoms with Crippen molar-refractivity contribution in [1.29, 1.82) is 0 Å². The molecule has 0 aromatic heterocycles. The van der Waals surface area contributed by atoms with Crippen LogP contribution in [0.5, 0.6) is 0 Å². The first kappa shape index (κ1) is 18.0. The lowest BCUT2D eigenvalue weighted by Crippen LogP contribution is -2.34. The van der Waals surface area contributed by atoms with Gasteiger partial charge in [-0.05, 0) is 31.2 Å². The highest BCUT2D eigenvalue weighted by atomic mass is 16.4. The molecular weight excluding hydrogens is 308 g/mol. The van der Waals surface area contributed by atoms with Crippen LogP contribution in [-0.4, -0.2) is 36.0 Å². The van der Waals surface area contributed by atoms with Crippen LogP contribution in [0.2, 0.25) is 0 Å². The third-order valence-corrected chi connectivity index (χ3v) is 4.05. The first-order chi connectivity index (χ1) is 11.6. The summed E-state index contributed by atoms with van der Waals surface area (Å²) >= 11 is 0. The number of carboxylic acids is 1. The van der Waals surface area contributed by atoms with E-state index >= 15 is 0 Å². The van der Waals surface area contributed by atoms with Crippen LogP contribution in [0, 0.1) is 11.8 Å². The first-order valence-corrected chi connectivity index (χ1v) is 8.37. The van der Waals surface area contributed by atoms with E-state index in [1.54, 1.807) is 0 Å². The molecule has 0 bridgehead atoms. The number of carbonyl (C=O) groups is 3. The maximum Gasteiger partial charge on any atom is 0.308 e. The predicted molar refractivity (Wildman–Crippen MR) is 89.2 cm³/mol. The van der Waals surface area contributed by atoms with Crippen LogP contribution in [0.4, 0.5) is 0 Å². The fourth-order valence-electron chi connectivity index (χ4n) is 2.42. The van der Waals surface area contributed by atoms with Crippen LogP contribution in [0.15, 0.2) is 30.3 Å². The summed E-state index contributed by atoms with van der Waals surface area (Å²) in [6.45, 7) is 0.590. The Bertz CT molecular complexity index is 570. The second-order valence-corrected chi connectivity index (χ2v) is 6.20. The molecule has 1 aliphatic carbocycles. The molecule has 0 aliphatic heterocycles. The number of hydrogen-bond acceptors (Lipinski definition) is 3. The molecule has 0 heterocycles. The molecule has 1 saturated carbocycles. The fourth-order valence-corrected chi connectivity index (χ4v) is 2.42. The van der Waals surface area contributed by atoms with Gasteiger partial charge in [0.2, 0.25) is 11.8 Å². The quantitative estimate of drug-likeness (QED) is 0.564. The van der Waals surface area contributed by atoms with Gasteiger partial charge in [-0.15, -0.1) is 0 Å². The van der Waals surface area contributed by atoms with Gasteiger partial charge in [-0.25, -0.2) is 0 Å². The molecule has 1 aliphatic rings. The Labute approximate surface area is 141 Å². The van der Waals surface area contributed by atoms with E-state index in [-0.39, 0.29) is 30.7 Å². The molecule has 3 N–H and O–H groups in total. The van der Waals surface area contributed by atoms with Crippen LogP contribution in [0.1, 0.15) is 31.2 Å². The van der Waals surface area contributed by atoms with Gasteiger partial charge in [0.15, 0.2) is 0 Å². The van der Waals surface area contributed by atoms with Crippen molar-refractivity contribution in [2.45, 2.75) is 32.1 Å². The van der Waals surface area contributed by atoms with E-state index in [0.29, 0.717) is 19.4 Å². The molecule has 0 saturated heterocycles. The summed E-state index contributed by atoms with van der Waals surface area (Å²) in [5.41, 5.74) is 0.932. The minimum atomic E-state index is -0.921. The SMILES string of the molecule is O=C(CCCNC(=O)C1CC1)NCC(Cc1ccccc1)C(=O)O. The molecule has 2 rings (SSSR count). The summed E-state index contributed by atoms with van der Waals surface area (Å²) in [6.07, 6.45) is 3.14. The maximum atomic E-state index is 11.8. The smallest absolute Gasteiger partial charge is 0.308 e. The van der Waals surface area contributed by atoms with Crippen molar-refractivity contribution >= 4 is 17.8 Å². The van der Waals surface area contributed by atoms with Gasteiger partial charge in [-0.1, -0.05) is 30.3 Å². The van der Waals surface area contributed by atoms with Crippen LogP contribution >= 0.6 is 0 Å². The van der Waals surface area contributed by atoms with Crippen molar-refractivity contribution in [3.8, 4) is 0 Å². The van der Waals surface area contributed by atoms with Crippen molar-refractivity contribution in [2.24, 2.45) is 11.8 Å². The average Bonchev–Trinajstić information content (AvgIpc) is 3.41. The monoisotopic (exact) mass is 332 g/mol. The summed E-state index contributed by atoms with van der Waals surface area (Å²) in [6, 6.07) is 9.36. The predicted octanol–water partition coefficient (Wildman–Crippen LogP) is 1.35. The van der Waals surface area contributed by atoms with Crippen LogP contribution < -0.4 is 10.6 Å². The number of rotatable bonds is 10. The van der Waals surface area contributed by atoms with Gasteiger partial charge in [-0.3, -0.25) is 14.4 Å². The number of carbonyl (C=O) groups excluding carboxylic acids is 2. The van der Waals surface area contributed by atoms with Gasteiger partial charge < -0.3 is 15.7 Å². The Morgan fingerprint density at radius 3 is 2.46 bits per heavy atom. The highest BCUT2D eigenvalue weighted by molar-refractivity contribution is 5.81. The zero-order valence-electron chi connectivity index (χ0n) is 13.7. The van der Waals surface area contributed by atoms with Crippen molar-refractivity contribution in [1.82, 2.24) is 10.6 Å². The Morgan fingerprint density at radius 1 is 1.12 bits per heavy atom. The molecule has 0 radical (unpaired) electrons. The summed E-state index contributed by atoms with van der Waals surface area (Å²) in [5, 5.41) is 14.8.